The highest BCUT2D eigenvalue weighted by Crippen LogP contribution is 2.38. The molecule has 1 fully saturated rings. The van der Waals surface area contributed by atoms with E-state index in [2.05, 4.69) is 10.6 Å². The molecule has 0 unspecified atom stereocenters. The summed E-state index contributed by atoms with van der Waals surface area (Å²) in [7, 11) is 0. The van der Waals surface area contributed by atoms with E-state index in [1.807, 2.05) is 0 Å². The van der Waals surface area contributed by atoms with Gasteiger partial charge in [-0.2, -0.15) is 13.2 Å². The highest BCUT2D eigenvalue weighted by molar-refractivity contribution is 6.02. The van der Waals surface area contributed by atoms with Gasteiger partial charge in [0.2, 0.25) is 5.91 Å². The summed E-state index contributed by atoms with van der Waals surface area (Å²) in [6.07, 6.45) is -5.15. The maximum Gasteiger partial charge on any atom is 0.419 e. The van der Waals surface area contributed by atoms with Gasteiger partial charge < -0.3 is 15.4 Å². The lowest BCUT2D eigenvalue weighted by Crippen LogP contribution is -2.48. The molecule has 0 aromatic heterocycles. The number of carbonyl (C=O) groups is 2. The molecule has 138 valence electrons. The van der Waals surface area contributed by atoms with Crippen molar-refractivity contribution in [1.82, 2.24) is 5.32 Å². The third-order valence-electron chi connectivity index (χ3n) is 3.48. The molecule has 0 aliphatic heterocycles. The van der Waals surface area contributed by atoms with E-state index in [0.717, 1.165) is 12.1 Å². The van der Waals surface area contributed by atoms with Crippen LogP contribution in [0.2, 0.25) is 0 Å². The van der Waals surface area contributed by atoms with Crippen molar-refractivity contribution in [3.63, 3.8) is 0 Å². The Morgan fingerprint density at radius 3 is 2.24 bits per heavy atom. The molecule has 25 heavy (non-hydrogen) atoms. The quantitative estimate of drug-likeness (QED) is 0.803. The number of benzene rings is 1. The first-order valence-corrected chi connectivity index (χ1v) is 7.52. The Balaban J connectivity index is 2.11. The van der Waals surface area contributed by atoms with E-state index < -0.39 is 46.4 Å². The molecule has 0 atom stereocenters. The average molecular weight is 362 g/mol. The maximum absolute atomic E-state index is 14.0. The number of nitrogens with one attached hydrogen (secondary N) is 2. The third-order valence-corrected chi connectivity index (χ3v) is 3.48. The van der Waals surface area contributed by atoms with E-state index in [1.165, 1.54) is 0 Å². The van der Waals surface area contributed by atoms with Gasteiger partial charge in [-0.1, -0.05) is 6.07 Å². The van der Waals surface area contributed by atoms with Crippen molar-refractivity contribution in [1.29, 1.82) is 0 Å². The minimum absolute atomic E-state index is 0.276. The normalized spacial score (nSPS) is 16.1. The molecule has 0 bridgehead atoms. The highest BCUT2D eigenvalue weighted by atomic mass is 19.4. The fourth-order valence-corrected chi connectivity index (χ4v) is 2.12. The third kappa shape index (κ3) is 4.61. The number of halogens is 4. The first-order chi connectivity index (χ1) is 11.3. The van der Waals surface area contributed by atoms with Crippen molar-refractivity contribution in [3.8, 4) is 0 Å². The summed E-state index contributed by atoms with van der Waals surface area (Å²) < 4.78 is 57.2. The first kappa shape index (κ1) is 19.0. The summed E-state index contributed by atoms with van der Waals surface area (Å²) >= 11 is 0. The maximum atomic E-state index is 14.0. The zero-order valence-corrected chi connectivity index (χ0v) is 13.9. The van der Waals surface area contributed by atoms with Gasteiger partial charge in [0.05, 0.1) is 11.3 Å². The van der Waals surface area contributed by atoms with E-state index in [0.29, 0.717) is 6.07 Å². The van der Waals surface area contributed by atoms with Crippen molar-refractivity contribution in [2.45, 2.75) is 50.9 Å². The van der Waals surface area contributed by atoms with Crippen LogP contribution in [-0.2, 0) is 15.7 Å². The van der Waals surface area contributed by atoms with Crippen LogP contribution in [0.25, 0.3) is 0 Å². The lowest BCUT2D eigenvalue weighted by atomic mass is 10.1. The molecule has 1 aliphatic carbocycles. The van der Waals surface area contributed by atoms with Crippen LogP contribution >= 0.6 is 0 Å². The summed E-state index contributed by atoms with van der Waals surface area (Å²) in [5.41, 5.74) is -4.15. The Bertz CT molecular complexity index is 692. The molecule has 9 heteroatoms. The molecule has 1 aliphatic rings. The topological polar surface area (TPSA) is 67.4 Å². The molecular weight excluding hydrogens is 344 g/mol. The molecule has 1 aromatic carbocycles. The summed E-state index contributed by atoms with van der Waals surface area (Å²) in [5.74, 6) is -2.37. The molecular formula is C16H18F4N2O3. The molecule has 0 spiro atoms. The fourth-order valence-electron chi connectivity index (χ4n) is 2.12. The number of carbonyl (C=O) groups excluding carboxylic acids is 2. The van der Waals surface area contributed by atoms with E-state index in [-0.39, 0.29) is 12.8 Å². The second-order valence-corrected chi connectivity index (χ2v) is 6.83. The SMILES string of the molecule is CC(C)(C)OC(=O)NC1(C(=O)Nc2cccc(C(F)(F)F)c2F)CC1. The van der Waals surface area contributed by atoms with Crippen molar-refractivity contribution in [3.05, 3.63) is 29.6 Å². The highest BCUT2D eigenvalue weighted by Gasteiger charge is 2.52. The second-order valence-electron chi connectivity index (χ2n) is 6.83. The molecule has 1 saturated carbocycles. The van der Waals surface area contributed by atoms with Gasteiger partial charge in [0.25, 0.3) is 0 Å². The molecule has 0 heterocycles. The van der Waals surface area contributed by atoms with Crippen molar-refractivity contribution in [2.75, 3.05) is 5.32 Å². The Morgan fingerprint density at radius 1 is 1.16 bits per heavy atom. The van der Waals surface area contributed by atoms with E-state index in [9.17, 15) is 27.2 Å². The van der Waals surface area contributed by atoms with Crippen molar-refractivity contribution < 1.29 is 31.9 Å². The van der Waals surface area contributed by atoms with Gasteiger partial charge in [-0.15, -0.1) is 0 Å². The average Bonchev–Trinajstić information content (AvgIpc) is 3.18. The summed E-state index contributed by atoms with van der Waals surface area (Å²) in [6.45, 7) is 4.93. The summed E-state index contributed by atoms with van der Waals surface area (Å²) in [4.78, 5) is 24.1. The fraction of sp³-hybridized carbons (Fsp3) is 0.500. The second kappa shape index (κ2) is 6.20. The zero-order valence-electron chi connectivity index (χ0n) is 13.9. The smallest absolute Gasteiger partial charge is 0.419 e. The number of ether oxygens (including phenoxy) is 1. The molecule has 5 nitrogen and oxygen atoms in total. The largest absolute Gasteiger partial charge is 0.444 e. The van der Waals surface area contributed by atoms with Gasteiger partial charge in [0.1, 0.15) is 11.1 Å². The van der Waals surface area contributed by atoms with Crippen LogP contribution in [0.5, 0.6) is 0 Å². The van der Waals surface area contributed by atoms with Gasteiger partial charge in [0, 0.05) is 0 Å². The summed E-state index contributed by atoms with van der Waals surface area (Å²) in [5, 5.41) is 4.50. The number of hydrogen-bond acceptors (Lipinski definition) is 3. The van der Waals surface area contributed by atoms with Crippen molar-refractivity contribution >= 4 is 17.7 Å². The lowest BCUT2D eigenvalue weighted by Gasteiger charge is -2.23. The monoisotopic (exact) mass is 362 g/mol. The minimum atomic E-state index is -4.88. The molecule has 2 amide bonds. The van der Waals surface area contributed by atoms with Crippen molar-refractivity contribution in [2.24, 2.45) is 0 Å². The van der Waals surface area contributed by atoms with Gasteiger partial charge in [-0.25, -0.2) is 9.18 Å². The first-order valence-electron chi connectivity index (χ1n) is 7.52. The van der Waals surface area contributed by atoms with E-state index in [4.69, 9.17) is 4.74 Å². The van der Waals surface area contributed by atoms with Crippen LogP contribution in [0, 0.1) is 5.82 Å². The van der Waals surface area contributed by atoms with Crippen LogP contribution < -0.4 is 10.6 Å². The molecule has 2 rings (SSSR count). The molecule has 0 saturated heterocycles. The molecule has 2 N–H and O–H groups in total. The predicted octanol–water partition coefficient (Wildman–Crippen LogP) is 3.84. The number of anilines is 1. The predicted molar refractivity (Wildman–Crippen MR) is 81.4 cm³/mol. The van der Waals surface area contributed by atoms with Crippen LogP contribution in [0.4, 0.5) is 28.0 Å². The Hall–Kier alpha value is -2.32. The molecule has 0 radical (unpaired) electrons. The Labute approximate surface area is 141 Å². The van der Waals surface area contributed by atoms with Gasteiger partial charge in [-0.3, -0.25) is 4.79 Å². The molecule has 1 aromatic rings. The van der Waals surface area contributed by atoms with Crippen LogP contribution in [-0.4, -0.2) is 23.1 Å². The van der Waals surface area contributed by atoms with E-state index in [1.54, 1.807) is 20.8 Å². The number of amides is 2. The number of rotatable bonds is 3. The van der Waals surface area contributed by atoms with Crippen LogP contribution in [0.15, 0.2) is 18.2 Å². The van der Waals surface area contributed by atoms with Gasteiger partial charge in [-0.05, 0) is 45.7 Å². The minimum Gasteiger partial charge on any atom is -0.444 e. The Morgan fingerprint density at radius 2 is 1.76 bits per heavy atom. The lowest BCUT2D eigenvalue weighted by molar-refractivity contribution is -0.140. The zero-order chi connectivity index (χ0) is 19.0. The van der Waals surface area contributed by atoms with Gasteiger partial charge >= 0.3 is 12.3 Å². The Kier molecular flexibility index (Phi) is 4.71. The van der Waals surface area contributed by atoms with E-state index >= 15 is 0 Å². The number of alkyl halides is 3. The standard InChI is InChI=1S/C16H18F4N2O3/c1-14(2,3)25-13(24)22-15(7-8-15)12(23)21-10-6-4-5-9(11(10)17)16(18,19)20/h4-6H,7-8H2,1-3H3,(H,21,23)(H,22,24). The number of alkyl carbamates (subject to hydrolysis) is 1. The van der Waals surface area contributed by atoms with Crippen LogP contribution in [0.1, 0.15) is 39.2 Å². The number of hydrogen-bond donors (Lipinski definition) is 2. The van der Waals surface area contributed by atoms with Crippen LogP contribution in [0.3, 0.4) is 0 Å². The summed E-state index contributed by atoms with van der Waals surface area (Å²) in [6, 6.07) is 2.59. The van der Waals surface area contributed by atoms with Gasteiger partial charge in [0.15, 0.2) is 5.82 Å².